The number of hydrogen-bond donors (Lipinski definition) is 4. The van der Waals surface area contributed by atoms with Crippen molar-refractivity contribution in [3.63, 3.8) is 0 Å². The van der Waals surface area contributed by atoms with Crippen molar-refractivity contribution in [2.45, 2.75) is 212 Å². The molecule has 16 heteroatoms. The van der Waals surface area contributed by atoms with Gasteiger partial charge in [0.25, 0.3) is 0 Å². The first-order valence-electron chi connectivity index (χ1n) is 22.0. The van der Waals surface area contributed by atoms with Gasteiger partial charge in [-0.25, -0.2) is 0 Å². The molecule has 1 heterocycles. The zero-order chi connectivity index (χ0) is 46.5. The Morgan fingerprint density at radius 3 is 1.32 bits per heavy atom. The van der Waals surface area contributed by atoms with E-state index in [1.54, 1.807) is 0 Å². The summed E-state index contributed by atoms with van der Waals surface area (Å²) in [6.07, 6.45) is 2.05. The van der Waals surface area contributed by atoms with Crippen molar-refractivity contribution in [2.24, 2.45) is 0 Å². The molecular weight excluding hydrogens is 908 g/mol. The minimum absolute atomic E-state index is 0. The number of alkyl halides is 2. The molecule has 0 amide bonds. The van der Waals surface area contributed by atoms with Crippen LogP contribution < -0.4 is 0 Å². The van der Waals surface area contributed by atoms with E-state index in [4.69, 9.17) is 31.4 Å². The Bertz CT molecular complexity index is 1290. The second-order valence-corrected chi connectivity index (χ2v) is 64.9. The second kappa shape index (κ2) is 26.2. The number of halogens is 2. The highest BCUT2D eigenvalue weighted by Crippen LogP contribution is 2.53. The lowest BCUT2D eigenvalue weighted by atomic mass is 10.4. The molecule has 0 bridgehead atoms. The minimum Gasteiger partial charge on any atom is -0.436 e. The first-order chi connectivity index (χ1) is 26.0. The Morgan fingerprint density at radius 2 is 1.02 bits per heavy atom. The molecular formula is C43H98Cl2O6Si8. The molecule has 1 fully saturated rings. The fraction of sp³-hybridized carbons (Fsp3) is 0.814. The van der Waals surface area contributed by atoms with E-state index in [2.05, 4.69) is 101 Å². The third-order valence-corrected chi connectivity index (χ3v) is 75.9. The van der Waals surface area contributed by atoms with Gasteiger partial charge in [0.1, 0.15) is 0 Å². The molecule has 0 saturated carbocycles. The fourth-order valence-electron chi connectivity index (χ4n) is 8.91. The summed E-state index contributed by atoms with van der Waals surface area (Å²) >= 11 is 11.9. The lowest BCUT2D eigenvalue weighted by Gasteiger charge is -2.45. The standard InChI is InChI=1S/C17H39ClO3Si4.C15H27ClSi.C10H28O3Si3.CH4/c1-10-22(7,19)17(6)24(9)21-25(13-11-12-18,14-15(2)3)20-23(24,8)16(4)5;1-13(2)10-17(9-7-8-16,11-14(3)4)12-15(5)6;1-8-14(5,11)10(4)16(7,13)15(6,12)9(2)3;/h16-17,19H,2,10-14H2,1,3-9H3;1,3,5,7-12H2,2,4,6H3;9-13H,8H2,1-7H3;1H4. The van der Waals surface area contributed by atoms with E-state index in [1.807, 2.05) is 47.3 Å². The Labute approximate surface area is 385 Å². The summed E-state index contributed by atoms with van der Waals surface area (Å²) in [6.45, 7) is 54.2. The molecule has 9 unspecified atom stereocenters. The molecule has 352 valence electrons. The van der Waals surface area contributed by atoms with Crippen molar-refractivity contribution in [3.05, 3.63) is 48.6 Å². The van der Waals surface area contributed by atoms with Gasteiger partial charge < -0.3 is 27.4 Å². The van der Waals surface area contributed by atoms with Crippen LogP contribution in [0.1, 0.15) is 103 Å². The lowest BCUT2D eigenvalue weighted by molar-refractivity contribution is 0.416. The summed E-state index contributed by atoms with van der Waals surface area (Å²) < 4.78 is 14.2. The van der Waals surface area contributed by atoms with Crippen LogP contribution in [0.4, 0.5) is 0 Å². The normalized spacial score (nSPS) is 25.7. The predicted molar refractivity (Wildman–Crippen MR) is 288 cm³/mol. The quantitative estimate of drug-likeness (QED) is 0.0462. The summed E-state index contributed by atoms with van der Waals surface area (Å²) in [6, 6.07) is 8.24. The van der Waals surface area contributed by atoms with Gasteiger partial charge in [0.05, 0.1) is 8.07 Å². The summed E-state index contributed by atoms with van der Waals surface area (Å²) in [5.74, 6) is 1.41. The molecule has 0 aromatic carbocycles. The fourth-order valence-corrected chi connectivity index (χ4v) is 75.1. The van der Waals surface area contributed by atoms with E-state index in [1.165, 1.54) is 40.9 Å². The van der Waals surface area contributed by atoms with Gasteiger partial charge in [0, 0.05) is 17.8 Å². The molecule has 6 nitrogen and oxygen atoms in total. The van der Waals surface area contributed by atoms with E-state index in [-0.39, 0.29) is 23.3 Å². The largest absolute Gasteiger partial charge is 0.436 e. The average molecular weight is 1010 g/mol. The molecule has 59 heavy (non-hydrogen) atoms. The third-order valence-electron chi connectivity index (χ3n) is 14.1. The number of hydrogen-bond acceptors (Lipinski definition) is 6. The van der Waals surface area contributed by atoms with Gasteiger partial charge in [-0.2, -0.15) is 0 Å². The molecule has 1 aliphatic rings. The van der Waals surface area contributed by atoms with Crippen molar-refractivity contribution in [1.29, 1.82) is 0 Å². The van der Waals surface area contributed by atoms with E-state index >= 15 is 0 Å². The van der Waals surface area contributed by atoms with Crippen LogP contribution in [-0.4, -0.2) is 95.6 Å². The first-order valence-corrected chi connectivity index (χ1v) is 45.6. The molecule has 0 aliphatic carbocycles. The highest BCUT2D eigenvalue weighted by atomic mass is 35.5. The van der Waals surface area contributed by atoms with Gasteiger partial charge in [-0.15, -0.1) is 49.5 Å². The molecule has 0 aromatic rings. The van der Waals surface area contributed by atoms with Crippen LogP contribution >= 0.6 is 23.2 Å². The minimum atomic E-state index is -2.75. The first kappa shape index (κ1) is 64.3. The van der Waals surface area contributed by atoms with Gasteiger partial charge >= 0.3 is 8.56 Å². The van der Waals surface area contributed by atoms with Crippen LogP contribution in [-0.2, 0) is 8.23 Å². The maximum atomic E-state index is 11.2. The SMILES string of the molecule is C.C=C(C)C[Si](CCCCl)(CC(=C)C)CC(=C)C.C=C(C)C[Si]1(CCCCl)O[Si](C)(C(C)C)[Si](C)(C(C)[Si](C)(O)CC)O1.CC[Si](C)(O)C(C)[Si](C)(O)[Si](C)(O)C(C)C. The van der Waals surface area contributed by atoms with Crippen LogP contribution in [0.5, 0.6) is 0 Å². The number of rotatable bonds is 23. The molecule has 1 aliphatic heterocycles. The topological polar surface area (TPSA) is 99.4 Å². The summed E-state index contributed by atoms with van der Waals surface area (Å²) in [4.78, 5) is 43.0. The van der Waals surface area contributed by atoms with Crippen LogP contribution in [0.15, 0.2) is 48.6 Å². The molecule has 1 saturated heterocycles. The van der Waals surface area contributed by atoms with Crippen LogP contribution in [0.2, 0.25) is 109 Å². The van der Waals surface area contributed by atoms with Crippen molar-refractivity contribution in [1.82, 2.24) is 0 Å². The van der Waals surface area contributed by atoms with Crippen molar-refractivity contribution in [3.8, 4) is 0 Å². The molecule has 0 spiro atoms. The van der Waals surface area contributed by atoms with Crippen LogP contribution in [0, 0.1) is 0 Å². The number of allylic oxidation sites excluding steroid dienone is 4. The molecule has 0 aromatic heterocycles. The van der Waals surface area contributed by atoms with Crippen molar-refractivity contribution < 1.29 is 27.4 Å². The molecule has 1 rings (SSSR count). The van der Waals surface area contributed by atoms with E-state index in [9.17, 15) is 19.2 Å². The van der Waals surface area contributed by atoms with Gasteiger partial charge in [-0.05, 0) is 137 Å². The van der Waals surface area contributed by atoms with Crippen LogP contribution in [0.3, 0.4) is 0 Å². The van der Waals surface area contributed by atoms with E-state index < -0.39 is 64.6 Å². The van der Waals surface area contributed by atoms with Crippen molar-refractivity contribution >= 4 is 87.8 Å². The Hall–Kier alpha value is 1.04. The van der Waals surface area contributed by atoms with Gasteiger partial charge in [-0.3, -0.25) is 0 Å². The molecule has 0 radical (unpaired) electrons. The van der Waals surface area contributed by atoms with Gasteiger partial charge in [-0.1, -0.05) is 91.2 Å². The highest BCUT2D eigenvalue weighted by molar-refractivity contribution is 7.44. The van der Waals surface area contributed by atoms with Gasteiger partial charge in [0.15, 0.2) is 32.3 Å². The zero-order valence-electron chi connectivity index (χ0n) is 41.0. The zero-order valence-corrected chi connectivity index (χ0v) is 50.5. The average Bonchev–Trinajstić information content (AvgIpc) is 3.31. The Morgan fingerprint density at radius 1 is 0.627 bits per heavy atom. The molecule has 9 atom stereocenters. The lowest BCUT2D eigenvalue weighted by Crippen LogP contribution is -2.68. The Balaban J connectivity index is -0.000000820. The summed E-state index contributed by atoms with van der Waals surface area (Å²) in [5, 5.41) is 0.202. The maximum Gasteiger partial charge on any atom is 0.321 e. The maximum absolute atomic E-state index is 11.2. The van der Waals surface area contributed by atoms with Crippen LogP contribution in [0.25, 0.3) is 0 Å². The summed E-state index contributed by atoms with van der Waals surface area (Å²) in [5.41, 5.74) is 5.67. The smallest absolute Gasteiger partial charge is 0.321 e. The second-order valence-electron chi connectivity index (χ2n) is 20.4. The molecule has 4 N–H and O–H groups in total. The third kappa shape index (κ3) is 18.1. The Kier molecular flexibility index (Phi) is 28.6. The van der Waals surface area contributed by atoms with E-state index in [0.717, 1.165) is 48.5 Å². The summed E-state index contributed by atoms with van der Waals surface area (Å²) in [7, 11) is -18.1. The van der Waals surface area contributed by atoms with Crippen molar-refractivity contribution in [2.75, 3.05) is 11.8 Å². The predicted octanol–water partition coefficient (Wildman–Crippen LogP) is 14.4. The monoisotopic (exact) mass is 1000 g/mol. The van der Waals surface area contributed by atoms with E-state index in [0.29, 0.717) is 11.4 Å². The highest BCUT2D eigenvalue weighted by Gasteiger charge is 2.70. The van der Waals surface area contributed by atoms with Gasteiger partial charge in [0.2, 0.25) is 15.7 Å².